The minimum absolute atomic E-state index is 0.0499. The Labute approximate surface area is 153 Å². The summed E-state index contributed by atoms with van der Waals surface area (Å²) >= 11 is 6.31. The number of aromatic nitrogens is 1. The number of amides is 1. The fourth-order valence-corrected chi connectivity index (χ4v) is 3.38. The van der Waals surface area contributed by atoms with E-state index in [1.54, 1.807) is 18.5 Å². The van der Waals surface area contributed by atoms with Gasteiger partial charge >= 0.3 is 0 Å². The molecule has 1 atom stereocenters. The van der Waals surface area contributed by atoms with Gasteiger partial charge in [-0.05, 0) is 36.3 Å². The van der Waals surface area contributed by atoms with Crippen molar-refractivity contribution in [3.63, 3.8) is 0 Å². The lowest BCUT2D eigenvalue weighted by atomic mass is 10.1. The first kappa shape index (κ1) is 17.6. The maximum atomic E-state index is 12.4. The second-order valence-corrected chi connectivity index (χ2v) is 6.59. The molecule has 4 nitrogen and oxygen atoms in total. The van der Waals surface area contributed by atoms with E-state index in [0.717, 1.165) is 42.3 Å². The fraction of sp³-hybridized carbons (Fsp3) is 0.300. The van der Waals surface area contributed by atoms with Crippen LogP contribution in [0.1, 0.15) is 24.1 Å². The van der Waals surface area contributed by atoms with E-state index in [9.17, 15) is 4.79 Å². The van der Waals surface area contributed by atoms with Crippen molar-refractivity contribution in [2.45, 2.75) is 13.0 Å². The van der Waals surface area contributed by atoms with Crippen molar-refractivity contribution in [1.29, 1.82) is 0 Å². The summed E-state index contributed by atoms with van der Waals surface area (Å²) in [5.74, 6) is 0.0499. The van der Waals surface area contributed by atoms with Crippen molar-refractivity contribution in [1.82, 2.24) is 14.8 Å². The molecule has 25 heavy (non-hydrogen) atoms. The Hall–Kier alpha value is -2.17. The molecule has 1 aromatic heterocycles. The molecule has 1 fully saturated rings. The Morgan fingerprint density at radius 3 is 2.60 bits per heavy atom. The van der Waals surface area contributed by atoms with Gasteiger partial charge in [0.15, 0.2) is 0 Å². The Morgan fingerprint density at radius 1 is 1.16 bits per heavy atom. The van der Waals surface area contributed by atoms with Crippen LogP contribution >= 0.6 is 11.6 Å². The first-order chi connectivity index (χ1) is 12.1. The maximum Gasteiger partial charge on any atom is 0.246 e. The number of benzene rings is 1. The largest absolute Gasteiger partial charge is 0.337 e. The smallest absolute Gasteiger partial charge is 0.246 e. The molecule has 1 aromatic carbocycles. The average Bonchev–Trinajstić information content (AvgIpc) is 2.67. The molecule has 130 valence electrons. The normalized spacial score (nSPS) is 17.0. The Balaban J connectivity index is 1.55. The van der Waals surface area contributed by atoms with E-state index in [1.165, 1.54) is 0 Å². The molecule has 0 radical (unpaired) electrons. The lowest BCUT2D eigenvalue weighted by Gasteiger charge is -2.38. The van der Waals surface area contributed by atoms with Crippen molar-refractivity contribution in [3.8, 4) is 0 Å². The van der Waals surface area contributed by atoms with Gasteiger partial charge in [0.25, 0.3) is 0 Å². The number of hydrogen-bond donors (Lipinski definition) is 0. The van der Waals surface area contributed by atoms with Gasteiger partial charge in [-0.15, -0.1) is 0 Å². The summed E-state index contributed by atoms with van der Waals surface area (Å²) in [5, 5.41) is 0.799. The molecule has 1 amide bonds. The number of rotatable bonds is 4. The van der Waals surface area contributed by atoms with E-state index >= 15 is 0 Å². The molecule has 2 aromatic rings. The summed E-state index contributed by atoms with van der Waals surface area (Å²) in [7, 11) is 0. The SMILES string of the molecule is CC(c1ccccc1Cl)N1CCN(C(=O)/C=C/c2cccnc2)CC1. The lowest BCUT2D eigenvalue weighted by molar-refractivity contribution is -0.127. The molecule has 2 heterocycles. The first-order valence-electron chi connectivity index (χ1n) is 8.50. The monoisotopic (exact) mass is 355 g/mol. The van der Waals surface area contributed by atoms with Gasteiger partial charge in [-0.3, -0.25) is 14.7 Å². The molecule has 1 aliphatic heterocycles. The molecule has 3 rings (SSSR count). The second-order valence-electron chi connectivity index (χ2n) is 6.18. The average molecular weight is 356 g/mol. The van der Waals surface area contributed by atoms with Gasteiger partial charge in [-0.1, -0.05) is 35.9 Å². The highest BCUT2D eigenvalue weighted by atomic mass is 35.5. The van der Waals surface area contributed by atoms with Gasteiger partial charge in [0.2, 0.25) is 5.91 Å². The highest BCUT2D eigenvalue weighted by Gasteiger charge is 2.24. The van der Waals surface area contributed by atoms with E-state index in [0.29, 0.717) is 0 Å². The van der Waals surface area contributed by atoms with Crippen LogP contribution in [-0.4, -0.2) is 46.9 Å². The summed E-state index contributed by atoms with van der Waals surface area (Å²) in [6.07, 6.45) is 6.91. The molecular weight excluding hydrogens is 334 g/mol. The van der Waals surface area contributed by atoms with Crippen LogP contribution in [0.4, 0.5) is 0 Å². The van der Waals surface area contributed by atoms with Crippen LogP contribution in [0, 0.1) is 0 Å². The van der Waals surface area contributed by atoms with E-state index in [2.05, 4.69) is 22.9 Å². The standard InChI is InChI=1S/C20H22ClN3O/c1-16(18-6-2-3-7-19(18)21)23-11-13-24(14-12-23)20(25)9-8-17-5-4-10-22-15-17/h2-10,15-16H,11-14H2,1H3/b9-8+. The number of carbonyl (C=O) groups excluding carboxylic acids is 1. The van der Waals surface area contributed by atoms with Gasteiger partial charge in [0.1, 0.15) is 0 Å². The predicted octanol–water partition coefficient (Wildman–Crippen LogP) is 3.65. The highest BCUT2D eigenvalue weighted by Crippen LogP contribution is 2.27. The summed E-state index contributed by atoms with van der Waals surface area (Å²) < 4.78 is 0. The van der Waals surface area contributed by atoms with E-state index in [4.69, 9.17) is 11.6 Å². The number of hydrogen-bond acceptors (Lipinski definition) is 3. The lowest BCUT2D eigenvalue weighted by Crippen LogP contribution is -2.48. The molecule has 0 aliphatic carbocycles. The molecule has 0 N–H and O–H groups in total. The first-order valence-corrected chi connectivity index (χ1v) is 8.88. The minimum atomic E-state index is 0.0499. The fourth-order valence-electron chi connectivity index (χ4n) is 3.09. The van der Waals surface area contributed by atoms with Crippen LogP contribution < -0.4 is 0 Å². The number of pyridine rings is 1. The van der Waals surface area contributed by atoms with E-state index in [-0.39, 0.29) is 11.9 Å². The number of nitrogens with zero attached hydrogens (tertiary/aromatic N) is 3. The van der Waals surface area contributed by atoms with Gasteiger partial charge in [0, 0.05) is 55.7 Å². The Morgan fingerprint density at radius 2 is 1.92 bits per heavy atom. The van der Waals surface area contributed by atoms with Crippen LogP contribution in [-0.2, 0) is 4.79 Å². The van der Waals surface area contributed by atoms with Gasteiger partial charge < -0.3 is 4.90 Å². The molecule has 1 saturated heterocycles. The van der Waals surface area contributed by atoms with Crippen LogP contribution in [0.25, 0.3) is 6.08 Å². The van der Waals surface area contributed by atoms with Crippen molar-refractivity contribution in [3.05, 3.63) is 71.0 Å². The topological polar surface area (TPSA) is 36.4 Å². The maximum absolute atomic E-state index is 12.4. The third kappa shape index (κ3) is 4.47. The highest BCUT2D eigenvalue weighted by molar-refractivity contribution is 6.31. The van der Waals surface area contributed by atoms with E-state index < -0.39 is 0 Å². The Kier molecular flexibility index (Phi) is 5.84. The second kappa shape index (κ2) is 8.28. The summed E-state index contributed by atoms with van der Waals surface area (Å²) in [5.41, 5.74) is 2.07. The zero-order chi connectivity index (χ0) is 17.6. The molecule has 5 heteroatoms. The molecule has 0 saturated carbocycles. The third-order valence-electron chi connectivity index (χ3n) is 4.63. The van der Waals surface area contributed by atoms with Crippen LogP contribution in [0.5, 0.6) is 0 Å². The van der Waals surface area contributed by atoms with Crippen molar-refractivity contribution in [2.24, 2.45) is 0 Å². The Bertz CT molecular complexity index is 740. The number of halogens is 1. The third-order valence-corrected chi connectivity index (χ3v) is 4.98. The number of carbonyl (C=O) groups is 1. The van der Waals surface area contributed by atoms with Gasteiger partial charge in [0.05, 0.1) is 0 Å². The molecular formula is C20H22ClN3O. The minimum Gasteiger partial charge on any atom is -0.337 e. The van der Waals surface area contributed by atoms with Gasteiger partial charge in [-0.2, -0.15) is 0 Å². The summed E-state index contributed by atoms with van der Waals surface area (Å²) in [4.78, 5) is 20.7. The molecule has 0 spiro atoms. The molecule has 1 aliphatic rings. The zero-order valence-electron chi connectivity index (χ0n) is 14.3. The van der Waals surface area contributed by atoms with Crippen LogP contribution in [0.2, 0.25) is 5.02 Å². The quantitative estimate of drug-likeness (QED) is 0.785. The van der Waals surface area contributed by atoms with Crippen molar-refractivity contribution in [2.75, 3.05) is 26.2 Å². The van der Waals surface area contributed by atoms with E-state index in [1.807, 2.05) is 41.3 Å². The summed E-state index contributed by atoms with van der Waals surface area (Å²) in [6, 6.07) is 12.0. The van der Waals surface area contributed by atoms with Crippen molar-refractivity contribution < 1.29 is 4.79 Å². The predicted molar refractivity (Wildman–Crippen MR) is 101 cm³/mol. The summed E-state index contributed by atoms with van der Waals surface area (Å²) in [6.45, 7) is 5.31. The van der Waals surface area contributed by atoms with Gasteiger partial charge in [-0.25, -0.2) is 0 Å². The molecule has 0 bridgehead atoms. The number of piperazine rings is 1. The molecule has 1 unspecified atom stereocenters. The van der Waals surface area contributed by atoms with Crippen LogP contribution in [0.3, 0.4) is 0 Å². The van der Waals surface area contributed by atoms with Crippen LogP contribution in [0.15, 0.2) is 54.9 Å². The zero-order valence-corrected chi connectivity index (χ0v) is 15.1. The van der Waals surface area contributed by atoms with Crippen molar-refractivity contribution >= 4 is 23.6 Å².